The van der Waals surface area contributed by atoms with Gasteiger partial charge in [0.15, 0.2) is 0 Å². The monoisotopic (exact) mass is 216 g/mol. The molecule has 0 saturated heterocycles. The second-order valence-corrected chi connectivity index (χ2v) is 3.51. The molecule has 1 aromatic heterocycles. The Kier molecular flexibility index (Phi) is 2.64. The standard InChI is InChI=1S/C12H12N2O2/c1-8-3-2-4-9(7-8)16-12(15)10-5-6-14-11(10)13/h2-7,14H,13H2,1H3. The van der Waals surface area contributed by atoms with Crippen molar-refractivity contribution < 1.29 is 9.53 Å². The van der Waals surface area contributed by atoms with Gasteiger partial charge in [0.1, 0.15) is 17.1 Å². The molecule has 4 nitrogen and oxygen atoms in total. The van der Waals surface area contributed by atoms with Crippen LogP contribution in [0, 0.1) is 6.92 Å². The number of hydrogen-bond donors (Lipinski definition) is 2. The first-order valence-corrected chi connectivity index (χ1v) is 4.88. The third kappa shape index (κ3) is 2.06. The minimum absolute atomic E-state index is 0.317. The van der Waals surface area contributed by atoms with Gasteiger partial charge in [0.05, 0.1) is 0 Å². The van der Waals surface area contributed by atoms with Crippen LogP contribution in [0.1, 0.15) is 15.9 Å². The molecule has 0 unspecified atom stereocenters. The second-order valence-electron chi connectivity index (χ2n) is 3.51. The molecule has 2 rings (SSSR count). The van der Waals surface area contributed by atoms with Gasteiger partial charge >= 0.3 is 5.97 Å². The zero-order valence-electron chi connectivity index (χ0n) is 8.86. The minimum atomic E-state index is -0.454. The van der Waals surface area contributed by atoms with Gasteiger partial charge in [-0.15, -0.1) is 0 Å². The summed E-state index contributed by atoms with van der Waals surface area (Å²) in [4.78, 5) is 14.4. The van der Waals surface area contributed by atoms with Crippen molar-refractivity contribution in [1.82, 2.24) is 4.98 Å². The highest BCUT2D eigenvalue weighted by atomic mass is 16.5. The van der Waals surface area contributed by atoms with Crippen LogP contribution >= 0.6 is 0 Å². The van der Waals surface area contributed by atoms with E-state index in [2.05, 4.69) is 4.98 Å². The largest absolute Gasteiger partial charge is 0.423 e. The Morgan fingerprint density at radius 3 is 2.81 bits per heavy atom. The van der Waals surface area contributed by atoms with E-state index >= 15 is 0 Å². The topological polar surface area (TPSA) is 68.1 Å². The first-order valence-electron chi connectivity index (χ1n) is 4.88. The number of anilines is 1. The fraction of sp³-hybridized carbons (Fsp3) is 0.0833. The summed E-state index contributed by atoms with van der Waals surface area (Å²) in [5, 5.41) is 0. The van der Waals surface area contributed by atoms with Gasteiger partial charge in [-0.1, -0.05) is 12.1 Å². The number of aromatic nitrogens is 1. The van der Waals surface area contributed by atoms with Gasteiger partial charge in [-0.05, 0) is 30.7 Å². The summed E-state index contributed by atoms with van der Waals surface area (Å²) in [6.07, 6.45) is 1.60. The van der Waals surface area contributed by atoms with Crippen molar-refractivity contribution in [1.29, 1.82) is 0 Å². The summed E-state index contributed by atoms with van der Waals surface area (Å²) < 4.78 is 5.18. The maximum atomic E-state index is 11.7. The molecule has 1 heterocycles. The summed E-state index contributed by atoms with van der Waals surface area (Å²) in [6, 6.07) is 8.88. The summed E-state index contributed by atoms with van der Waals surface area (Å²) in [6.45, 7) is 1.93. The molecule has 0 aliphatic carbocycles. The van der Waals surface area contributed by atoms with Crippen molar-refractivity contribution >= 4 is 11.8 Å². The molecule has 3 N–H and O–H groups in total. The van der Waals surface area contributed by atoms with Gasteiger partial charge in [-0.3, -0.25) is 0 Å². The zero-order valence-corrected chi connectivity index (χ0v) is 8.86. The minimum Gasteiger partial charge on any atom is -0.423 e. The van der Waals surface area contributed by atoms with Gasteiger partial charge in [0.2, 0.25) is 0 Å². The molecule has 0 atom stereocenters. The van der Waals surface area contributed by atoms with E-state index in [4.69, 9.17) is 10.5 Å². The van der Waals surface area contributed by atoms with Crippen molar-refractivity contribution in [2.45, 2.75) is 6.92 Å². The quantitative estimate of drug-likeness (QED) is 0.596. The third-order valence-corrected chi connectivity index (χ3v) is 2.20. The van der Waals surface area contributed by atoms with Crippen LogP contribution in [0.5, 0.6) is 5.75 Å². The lowest BCUT2D eigenvalue weighted by Crippen LogP contribution is -2.09. The molecule has 0 spiro atoms. The summed E-state index contributed by atoms with van der Waals surface area (Å²) in [5.41, 5.74) is 6.95. The Morgan fingerprint density at radius 1 is 1.38 bits per heavy atom. The normalized spacial score (nSPS) is 10.1. The number of carbonyl (C=O) groups excluding carboxylic acids is 1. The maximum Gasteiger partial charge on any atom is 0.347 e. The van der Waals surface area contributed by atoms with Gasteiger partial charge in [0, 0.05) is 6.20 Å². The number of aromatic amines is 1. The predicted molar refractivity (Wildman–Crippen MR) is 61.3 cm³/mol. The summed E-state index contributed by atoms with van der Waals surface area (Å²) in [5.74, 6) is 0.382. The van der Waals surface area contributed by atoms with E-state index in [0.29, 0.717) is 17.1 Å². The van der Waals surface area contributed by atoms with Crippen LogP contribution in [0.25, 0.3) is 0 Å². The summed E-state index contributed by atoms with van der Waals surface area (Å²) >= 11 is 0. The highest BCUT2D eigenvalue weighted by Crippen LogP contribution is 2.16. The third-order valence-electron chi connectivity index (χ3n) is 2.20. The molecule has 0 saturated carbocycles. The maximum absolute atomic E-state index is 11.7. The Bertz CT molecular complexity index is 517. The molecule has 0 bridgehead atoms. The molecule has 0 fully saturated rings. The number of esters is 1. The van der Waals surface area contributed by atoms with E-state index in [1.165, 1.54) is 0 Å². The molecule has 82 valence electrons. The van der Waals surface area contributed by atoms with E-state index in [9.17, 15) is 4.79 Å². The molecule has 2 aromatic rings. The van der Waals surface area contributed by atoms with Crippen LogP contribution in [-0.2, 0) is 0 Å². The Balaban J connectivity index is 2.17. The van der Waals surface area contributed by atoms with Crippen LogP contribution in [0.15, 0.2) is 36.5 Å². The lowest BCUT2D eigenvalue weighted by molar-refractivity contribution is 0.0736. The predicted octanol–water partition coefficient (Wildman–Crippen LogP) is 2.12. The van der Waals surface area contributed by atoms with Crippen molar-refractivity contribution in [3.8, 4) is 5.75 Å². The number of H-pyrrole nitrogens is 1. The fourth-order valence-corrected chi connectivity index (χ4v) is 1.40. The van der Waals surface area contributed by atoms with E-state index < -0.39 is 5.97 Å². The SMILES string of the molecule is Cc1cccc(OC(=O)c2cc[nH]c2N)c1. The molecule has 4 heteroatoms. The molecule has 0 aliphatic heterocycles. The smallest absolute Gasteiger partial charge is 0.347 e. The molecule has 0 aliphatic rings. The number of carbonyl (C=O) groups is 1. The molecule has 16 heavy (non-hydrogen) atoms. The first kappa shape index (κ1) is 10.3. The van der Waals surface area contributed by atoms with E-state index in [0.717, 1.165) is 5.56 Å². The number of nitrogen functional groups attached to an aromatic ring is 1. The zero-order chi connectivity index (χ0) is 11.5. The van der Waals surface area contributed by atoms with E-state index in [1.54, 1.807) is 24.4 Å². The van der Waals surface area contributed by atoms with Crippen molar-refractivity contribution in [3.05, 3.63) is 47.7 Å². The Morgan fingerprint density at radius 2 is 2.19 bits per heavy atom. The van der Waals surface area contributed by atoms with E-state index in [1.807, 2.05) is 19.1 Å². The lowest BCUT2D eigenvalue weighted by Gasteiger charge is -2.04. The van der Waals surface area contributed by atoms with Gasteiger partial charge in [0.25, 0.3) is 0 Å². The first-order chi connectivity index (χ1) is 7.66. The number of hydrogen-bond acceptors (Lipinski definition) is 3. The van der Waals surface area contributed by atoms with Gasteiger partial charge in [-0.2, -0.15) is 0 Å². The van der Waals surface area contributed by atoms with Crippen LogP contribution < -0.4 is 10.5 Å². The van der Waals surface area contributed by atoms with Crippen molar-refractivity contribution in [2.75, 3.05) is 5.73 Å². The average Bonchev–Trinajstić information content (AvgIpc) is 2.64. The number of nitrogens with one attached hydrogen (secondary N) is 1. The van der Waals surface area contributed by atoms with Gasteiger partial charge < -0.3 is 15.5 Å². The average molecular weight is 216 g/mol. The molecule has 1 aromatic carbocycles. The Labute approximate surface area is 93.0 Å². The number of aryl methyl sites for hydroxylation is 1. The fourth-order valence-electron chi connectivity index (χ4n) is 1.40. The van der Waals surface area contributed by atoms with Gasteiger partial charge in [-0.25, -0.2) is 4.79 Å². The number of rotatable bonds is 2. The highest BCUT2D eigenvalue weighted by molar-refractivity contribution is 5.95. The molecule has 0 amide bonds. The lowest BCUT2D eigenvalue weighted by atomic mass is 10.2. The molecule has 0 radical (unpaired) electrons. The van der Waals surface area contributed by atoms with Crippen molar-refractivity contribution in [2.24, 2.45) is 0 Å². The highest BCUT2D eigenvalue weighted by Gasteiger charge is 2.12. The van der Waals surface area contributed by atoms with Crippen molar-refractivity contribution in [3.63, 3.8) is 0 Å². The van der Waals surface area contributed by atoms with Crippen LogP contribution in [0.3, 0.4) is 0 Å². The number of ether oxygens (including phenoxy) is 1. The number of benzene rings is 1. The van der Waals surface area contributed by atoms with Crippen LogP contribution in [0.4, 0.5) is 5.82 Å². The Hall–Kier alpha value is -2.23. The molecular formula is C12H12N2O2. The second kappa shape index (κ2) is 4.10. The molecular weight excluding hydrogens is 204 g/mol. The number of nitrogens with two attached hydrogens (primary N) is 1. The summed E-state index contributed by atoms with van der Waals surface area (Å²) in [7, 11) is 0. The van der Waals surface area contributed by atoms with E-state index in [-0.39, 0.29) is 0 Å². The van der Waals surface area contributed by atoms with Crippen LogP contribution in [0.2, 0.25) is 0 Å². The van der Waals surface area contributed by atoms with Crippen LogP contribution in [-0.4, -0.2) is 11.0 Å².